The third kappa shape index (κ3) is 8.88. The molecular formula is C19H27NO5. The third-order valence-corrected chi connectivity index (χ3v) is 3.30. The average Bonchev–Trinajstić information content (AvgIpc) is 2.55. The number of benzene rings is 1. The molecule has 0 saturated heterocycles. The number of nitrogens with one attached hydrogen (secondary N) is 1. The van der Waals surface area contributed by atoms with Crippen molar-refractivity contribution in [3.8, 4) is 0 Å². The van der Waals surface area contributed by atoms with Crippen molar-refractivity contribution in [2.24, 2.45) is 0 Å². The quantitative estimate of drug-likeness (QED) is 0.728. The van der Waals surface area contributed by atoms with Crippen LogP contribution in [0.3, 0.4) is 0 Å². The minimum atomic E-state index is -0.919. The average molecular weight is 349 g/mol. The molecule has 0 fully saturated rings. The Bertz CT molecular complexity index is 577. The molecule has 25 heavy (non-hydrogen) atoms. The first kappa shape index (κ1) is 20.7. The Morgan fingerprint density at radius 1 is 1.12 bits per heavy atom. The lowest BCUT2D eigenvalue weighted by molar-refractivity contribution is -0.157. The molecule has 138 valence electrons. The van der Waals surface area contributed by atoms with Gasteiger partial charge in [0.15, 0.2) is 0 Å². The number of ether oxygens (including phenoxy) is 2. The van der Waals surface area contributed by atoms with Crippen LogP contribution in [0.25, 0.3) is 0 Å². The summed E-state index contributed by atoms with van der Waals surface area (Å²) < 4.78 is 10.4. The van der Waals surface area contributed by atoms with Gasteiger partial charge in [0.2, 0.25) is 0 Å². The summed E-state index contributed by atoms with van der Waals surface area (Å²) in [6.45, 7) is 7.08. The summed E-state index contributed by atoms with van der Waals surface area (Å²) in [5, 5.41) is 2.50. The second kappa shape index (κ2) is 9.81. The standard InChI is InChI=1S/C19H27NO5/c1-5-15(21)11-12-16(17(22)25-19(2,3)4)20-18(23)24-13-14-9-7-6-8-10-14/h6-10,16H,5,11-13H2,1-4H3,(H,20,23). The molecule has 0 bridgehead atoms. The van der Waals surface area contributed by atoms with E-state index in [4.69, 9.17) is 9.47 Å². The lowest BCUT2D eigenvalue weighted by atomic mass is 10.1. The SMILES string of the molecule is CCC(=O)CCC(NC(=O)OCc1ccccc1)C(=O)OC(C)(C)C. The Hall–Kier alpha value is -2.37. The van der Waals surface area contributed by atoms with E-state index in [1.54, 1.807) is 27.7 Å². The molecule has 1 rings (SSSR count). The molecule has 6 nitrogen and oxygen atoms in total. The summed E-state index contributed by atoms with van der Waals surface area (Å²) in [5.41, 5.74) is 0.160. The van der Waals surface area contributed by atoms with Crippen molar-refractivity contribution in [1.82, 2.24) is 5.32 Å². The molecule has 0 aromatic heterocycles. The Morgan fingerprint density at radius 3 is 2.32 bits per heavy atom. The Kier molecular flexibility index (Phi) is 8.11. The van der Waals surface area contributed by atoms with Crippen LogP contribution in [0.15, 0.2) is 30.3 Å². The van der Waals surface area contributed by atoms with Gasteiger partial charge in [0.1, 0.15) is 24.0 Å². The van der Waals surface area contributed by atoms with Crippen LogP contribution in [0.2, 0.25) is 0 Å². The number of rotatable bonds is 8. The number of carbonyl (C=O) groups is 3. The topological polar surface area (TPSA) is 81.7 Å². The maximum absolute atomic E-state index is 12.3. The normalized spacial score (nSPS) is 12.2. The second-order valence-electron chi connectivity index (χ2n) is 6.72. The highest BCUT2D eigenvalue weighted by atomic mass is 16.6. The van der Waals surface area contributed by atoms with E-state index in [2.05, 4.69) is 5.32 Å². The van der Waals surface area contributed by atoms with Gasteiger partial charge in [-0.25, -0.2) is 9.59 Å². The van der Waals surface area contributed by atoms with E-state index in [0.29, 0.717) is 6.42 Å². The lowest BCUT2D eigenvalue weighted by Gasteiger charge is -2.24. The molecule has 1 unspecified atom stereocenters. The smallest absolute Gasteiger partial charge is 0.408 e. The number of ketones is 1. The Morgan fingerprint density at radius 2 is 1.76 bits per heavy atom. The largest absolute Gasteiger partial charge is 0.458 e. The molecule has 0 aliphatic rings. The molecule has 1 aromatic rings. The molecule has 1 aromatic carbocycles. The van der Waals surface area contributed by atoms with Crippen molar-refractivity contribution in [1.29, 1.82) is 0 Å². The van der Waals surface area contributed by atoms with Gasteiger partial charge in [-0.15, -0.1) is 0 Å². The first-order valence-electron chi connectivity index (χ1n) is 8.43. The number of hydrogen-bond acceptors (Lipinski definition) is 5. The molecule has 0 saturated carbocycles. The fourth-order valence-corrected chi connectivity index (χ4v) is 2.01. The molecule has 1 atom stereocenters. The maximum Gasteiger partial charge on any atom is 0.408 e. The number of alkyl carbamates (subject to hydrolysis) is 1. The molecule has 0 aliphatic heterocycles. The summed E-state index contributed by atoms with van der Waals surface area (Å²) in [6, 6.07) is 8.30. The number of amides is 1. The summed E-state index contributed by atoms with van der Waals surface area (Å²) in [6.07, 6.45) is 0.0459. The van der Waals surface area contributed by atoms with Gasteiger partial charge in [0, 0.05) is 12.8 Å². The zero-order valence-corrected chi connectivity index (χ0v) is 15.3. The van der Waals surface area contributed by atoms with E-state index < -0.39 is 23.7 Å². The van der Waals surface area contributed by atoms with Gasteiger partial charge in [0.05, 0.1) is 0 Å². The predicted molar refractivity (Wildman–Crippen MR) is 93.9 cm³/mol. The predicted octanol–water partition coefficient (Wildman–Crippen LogP) is 3.38. The zero-order valence-electron chi connectivity index (χ0n) is 15.3. The van der Waals surface area contributed by atoms with Gasteiger partial charge in [-0.3, -0.25) is 4.79 Å². The van der Waals surface area contributed by atoms with Crippen molar-refractivity contribution in [3.05, 3.63) is 35.9 Å². The molecule has 0 aliphatic carbocycles. The highest BCUT2D eigenvalue weighted by Gasteiger charge is 2.27. The Labute approximate surface area is 148 Å². The first-order chi connectivity index (χ1) is 11.7. The van der Waals surface area contributed by atoms with E-state index in [1.165, 1.54) is 0 Å². The van der Waals surface area contributed by atoms with Crippen LogP contribution in [0.5, 0.6) is 0 Å². The van der Waals surface area contributed by atoms with Crippen LogP contribution in [0.1, 0.15) is 52.5 Å². The minimum Gasteiger partial charge on any atom is -0.458 e. The summed E-state index contributed by atoms with van der Waals surface area (Å²) >= 11 is 0. The van der Waals surface area contributed by atoms with Crippen LogP contribution >= 0.6 is 0 Å². The molecule has 0 heterocycles. The van der Waals surface area contributed by atoms with Crippen LogP contribution in [-0.4, -0.2) is 29.5 Å². The minimum absolute atomic E-state index is 0.0213. The van der Waals surface area contributed by atoms with Gasteiger partial charge in [0.25, 0.3) is 0 Å². The number of hydrogen-bond donors (Lipinski definition) is 1. The van der Waals surface area contributed by atoms with E-state index in [-0.39, 0.29) is 25.2 Å². The van der Waals surface area contributed by atoms with Gasteiger partial charge in [-0.2, -0.15) is 0 Å². The fourth-order valence-electron chi connectivity index (χ4n) is 2.01. The third-order valence-electron chi connectivity index (χ3n) is 3.30. The van der Waals surface area contributed by atoms with Crippen molar-refractivity contribution in [2.45, 2.75) is 65.2 Å². The molecule has 1 N–H and O–H groups in total. The first-order valence-corrected chi connectivity index (χ1v) is 8.43. The highest BCUT2D eigenvalue weighted by molar-refractivity contribution is 5.83. The van der Waals surface area contributed by atoms with E-state index in [9.17, 15) is 14.4 Å². The Balaban J connectivity index is 2.62. The van der Waals surface area contributed by atoms with Crippen LogP contribution in [0, 0.1) is 0 Å². The number of Topliss-reactive ketones (excluding diaryl/α,β-unsaturated/α-hetero) is 1. The van der Waals surface area contributed by atoms with Gasteiger partial charge < -0.3 is 14.8 Å². The number of carbonyl (C=O) groups excluding carboxylic acids is 3. The number of esters is 1. The van der Waals surface area contributed by atoms with E-state index in [0.717, 1.165) is 5.56 Å². The van der Waals surface area contributed by atoms with Crippen molar-refractivity contribution in [2.75, 3.05) is 0 Å². The highest BCUT2D eigenvalue weighted by Crippen LogP contribution is 2.12. The molecular weight excluding hydrogens is 322 g/mol. The van der Waals surface area contributed by atoms with Gasteiger partial charge >= 0.3 is 12.1 Å². The van der Waals surface area contributed by atoms with Crippen molar-refractivity contribution >= 4 is 17.8 Å². The molecule has 0 radical (unpaired) electrons. The van der Waals surface area contributed by atoms with Crippen LogP contribution < -0.4 is 5.32 Å². The second-order valence-corrected chi connectivity index (χ2v) is 6.72. The van der Waals surface area contributed by atoms with Crippen molar-refractivity contribution < 1.29 is 23.9 Å². The fraction of sp³-hybridized carbons (Fsp3) is 0.526. The molecule has 0 spiro atoms. The van der Waals surface area contributed by atoms with Gasteiger partial charge in [-0.05, 0) is 32.8 Å². The van der Waals surface area contributed by atoms with Gasteiger partial charge in [-0.1, -0.05) is 37.3 Å². The monoisotopic (exact) mass is 349 g/mol. The zero-order chi connectivity index (χ0) is 18.9. The van der Waals surface area contributed by atoms with Crippen LogP contribution in [-0.2, 0) is 25.7 Å². The molecule has 1 amide bonds. The maximum atomic E-state index is 12.3. The van der Waals surface area contributed by atoms with Crippen LogP contribution in [0.4, 0.5) is 4.79 Å². The summed E-state index contributed by atoms with van der Waals surface area (Å²) in [4.78, 5) is 35.8. The summed E-state index contributed by atoms with van der Waals surface area (Å²) in [7, 11) is 0. The van der Waals surface area contributed by atoms with E-state index >= 15 is 0 Å². The van der Waals surface area contributed by atoms with E-state index in [1.807, 2.05) is 30.3 Å². The summed E-state index contributed by atoms with van der Waals surface area (Å²) in [5.74, 6) is -0.555. The lowest BCUT2D eigenvalue weighted by Crippen LogP contribution is -2.44. The molecule has 6 heteroatoms. The van der Waals surface area contributed by atoms with Crippen molar-refractivity contribution in [3.63, 3.8) is 0 Å².